The van der Waals surface area contributed by atoms with Crippen LogP contribution in [0.25, 0.3) is 22.6 Å². The lowest BCUT2D eigenvalue weighted by Gasteiger charge is -2.00. The molecule has 0 unspecified atom stereocenters. The third kappa shape index (κ3) is 2.58. The first-order valence-electron chi connectivity index (χ1n) is 6.93. The SMILES string of the molecule is CCNCc1ccc2nc(-c3ccc(C)cc3)oc2c1. The molecule has 0 aliphatic carbocycles. The topological polar surface area (TPSA) is 38.1 Å². The first-order chi connectivity index (χ1) is 9.76. The smallest absolute Gasteiger partial charge is 0.227 e. The lowest BCUT2D eigenvalue weighted by Crippen LogP contribution is -2.11. The Balaban J connectivity index is 1.95. The quantitative estimate of drug-likeness (QED) is 0.778. The summed E-state index contributed by atoms with van der Waals surface area (Å²) in [7, 11) is 0. The van der Waals surface area contributed by atoms with E-state index in [1.165, 1.54) is 11.1 Å². The minimum atomic E-state index is 0.681. The predicted molar refractivity (Wildman–Crippen MR) is 81.6 cm³/mol. The Kier molecular flexibility index (Phi) is 3.52. The van der Waals surface area contributed by atoms with Crippen molar-refractivity contribution in [2.24, 2.45) is 0 Å². The van der Waals surface area contributed by atoms with Gasteiger partial charge in [-0.3, -0.25) is 0 Å². The minimum absolute atomic E-state index is 0.681. The summed E-state index contributed by atoms with van der Waals surface area (Å²) in [5.74, 6) is 0.681. The highest BCUT2D eigenvalue weighted by molar-refractivity contribution is 5.76. The van der Waals surface area contributed by atoms with Crippen LogP contribution < -0.4 is 5.32 Å². The number of rotatable bonds is 4. The summed E-state index contributed by atoms with van der Waals surface area (Å²) in [5, 5.41) is 3.31. The van der Waals surface area contributed by atoms with E-state index >= 15 is 0 Å². The lowest BCUT2D eigenvalue weighted by molar-refractivity contribution is 0.618. The molecular formula is C17H18N2O. The average Bonchev–Trinajstić information content (AvgIpc) is 2.89. The zero-order chi connectivity index (χ0) is 13.9. The van der Waals surface area contributed by atoms with E-state index in [4.69, 9.17) is 4.42 Å². The van der Waals surface area contributed by atoms with Crippen LogP contribution >= 0.6 is 0 Å². The molecule has 3 aromatic rings. The first-order valence-corrected chi connectivity index (χ1v) is 6.93. The van der Waals surface area contributed by atoms with Crippen molar-refractivity contribution < 1.29 is 4.42 Å². The third-order valence-corrected chi connectivity index (χ3v) is 3.33. The molecule has 20 heavy (non-hydrogen) atoms. The molecule has 0 spiro atoms. The molecule has 0 saturated carbocycles. The van der Waals surface area contributed by atoms with Gasteiger partial charge in [0.25, 0.3) is 0 Å². The highest BCUT2D eigenvalue weighted by Gasteiger charge is 2.08. The number of aromatic nitrogens is 1. The van der Waals surface area contributed by atoms with Crippen molar-refractivity contribution in [1.29, 1.82) is 0 Å². The Hall–Kier alpha value is -2.13. The lowest BCUT2D eigenvalue weighted by atomic mass is 10.1. The first kappa shape index (κ1) is 12.9. The molecule has 3 rings (SSSR count). The van der Waals surface area contributed by atoms with Crippen LogP contribution in [-0.2, 0) is 6.54 Å². The number of aryl methyl sites for hydroxylation is 1. The molecule has 3 nitrogen and oxygen atoms in total. The summed E-state index contributed by atoms with van der Waals surface area (Å²) in [5.41, 5.74) is 5.21. The van der Waals surface area contributed by atoms with Crippen LogP contribution in [0.4, 0.5) is 0 Å². The van der Waals surface area contributed by atoms with Crippen molar-refractivity contribution in [2.45, 2.75) is 20.4 Å². The van der Waals surface area contributed by atoms with Crippen molar-refractivity contribution in [3.8, 4) is 11.5 Å². The van der Waals surface area contributed by atoms with Crippen LogP contribution in [0.5, 0.6) is 0 Å². The molecule has 1 N–H and O–H groups in total. The highest BCUT2D eigenvalue weighted by atomic mass is 16.3. The zero-order valence-corrected chi connectivity index (χ0v) is 11.8. The van der Waals surface area contributed by atoms with Crippen molar-refractivity contribution >= 4 is 11.1 Å². The van der Waals surface area contributed by atoms with Gasteiger partial charge in [0.15, 0.2) is 5.58 Å². The Labute approximate surface area is 118 Å². The Morgan fingerprint density at radius 2 is 1.90 bits per heavy atom. The molecule has 1 aromatic heterocycles. The van der Waals surface area contributed by atoms with E-state index in [2.05, 4.69) is 48.4 Å². The molecule has 0 bridgehead atoms. The Morgan fingerprint density at radius 1 is 1.10 bits per heavy atom. The molecule has 0 saturated heterocycles. The largest absolute Gasteiger partial charge is 0.436 e. The second-order valence-corrected chi connectivity index (χ2v) is 4.97. The third-order valence-electron chi connectivity index (χ3n) is 3.33. The monoisotopic (exact) mass is 266 g/mol. The average molecular weight is 266 g/mol. The van der Waals surface area contributed by atoms with Crippen molar-refractivity contribution in [3.63, 3.8) is 0 Å². The van der Waals surface area contributed by atoms with E-state index in [1.807, 2.05) is 18.2 Å². The van der Waals surface area contributed by atoms with Gasteiger partial charge in [0.1, 0.15) is 5.52 Å². The van der Waals surface area contributed by atoms with E-state index in [9.17, 15) is 0 Å². The number of hydrogen-bond donors (Lipinski definition) is 1. The van der Waals surface area contributed by atoms with Gasteiger partial charge in [0.05, 0.1) is 0 Å². The molecule has 0 atom stereocenters. The maximum Gasteiger partial charge on any atom is 0.227 e. The summed E-state index contributed by atoms with van der Waals surface area (Å²) in [6.07, 6.45) is 0. The van der Waals surface area contributed by atoms with Gasteiger partial charge in [-0.25, -0.2) is 4.98 Å². The summed E-state index contributed by atoms with van der Waals surface area (Å²) in [6, 6.07) is 14.4. The standard InChI is InChI=1S/C17H18N2O/c1-3-18-11-13-6-9-15-16(10-13)20-17(19-15)14-7-4-12(2)5-8-14/h4-10,18H,3,11H2,1-2H3. The number of oxazole rings is 1. The van der Waals surface area contributed by atoms with Crippen molar-refractivity contribution in [2.75, 3.05) is 6.54 Å². The zero-order valence-electron chi connectivity index (χ0n) is 11.8. The van der Waals surface area contributed by atoms with E-state index in [1.54, 1.807) is 0 Å². The molecular weight excluding hydrogens is 248 g/mol. The van der Waals surface area contributed by atoms with Crippen LogP contribution in [0.1, 0.15) is 18.1 Å². The molecule has 1 heterocycles. The summed E-state index contributed by atoms with van der Waals surface area (Å²) in [4.78, 5) is 4.55. The van der Waals surface area contributed by atoms with Gasteiger partial charge in [0, 0.05) is 12.1 Å². The number of fused-ring (bicyclic) bond motifs is 1. The molecule has 0 aliphatic rings. The predicted octanol–water partition coefficient (Wildman–Crippen LogP) is 3.91. The Bertz CT molecular complexity index is 713. The molecule has 102 valence electrons. The fourth-order valence-electron chi connectivity index (χ4n) is 2.17. The molecule has 0 amide bonds. The molecule has 3 heteroatoms. The van der Waals surface area contributed by atoms with E-state index in [-0.39, 0.29) is 0 Å². The second kappa shape index (κ2) is 5.47. The Morgan fingerprint density at radius 3 is 2.65 bits per heavy atom. The molecule has 0 radical (unpaired) electrons. The normalized spacial score (nSPS) is 11.1. The second-order valence-electron chi connectivity index (χ2n) is 4.97. The van der Waals surface area contributed by atoms with Gasteiger partial charge < -0.3 is 9.73 Å². The van der Waals surface area contributed by atoms with Crippen LogP contribution in [-0.4, -0.2) is 11.5 Å². The number of benzene rings is 2. The molecule has 0 aliphatic heterocycles. The van der Waals surface area contributed by atoms with Gasteiger partial charge in [-0.05, 0) is 43.3 Å². The summed E-state index contributed by atoms with van der Waals surface area (Å²) >= 11 is 0. The van der Waals surface area contributed by atoms with Crippen LogP contribution in [0, 0.1) is 6.92 Å². The number of nitrogens with zero attached hydrogens (tertiary/aromatic N) is 1. The van der Waals surface area contributed by atoms with Crippen molar-refractivity contribution in [3.05, 3.63) is 53.6 Å². The summed E-state index contributed by atoms with van der Waals surface area (Å²) in [6.45, 7) is 5.99. The van der Waals surface area contributed by atoms with E-state index in [0.717, 1.165) is 29.8 Å². The minimum Gasteiger partial charge on any atom is -0.436 e. The van der Waals surface area contributed by atoms with E-state index < -0.39 is 0 Å². The van der Waals surface area contributed by atoms with Crippen LogP contribution in [0.2, 0.25) is 0 Å². The van der Waals surface area contributed by atoms with Gasteiger partial charge in [-0.15, -0.1) is 0 Å². The summed E-state index contributed by atoms with van der Waals surface area (Å²) < 4.78 is 5.88. The fraction of sp³-hybridized carbons (Fsp3) is 0.235. The van der Waals surface area contributed by atoms with Gasteiger partial charge >= 0.3 is 0 Å². The maximum atomic E-state index is 5.88. The number of hydrogen-bond acceptors (Lipinski definition) is 3. The van der Waals surface area contributed by atoms with Gasteiger partial charge in [-0.2, -0.15) is 0 Å². The molecule has 2 aromatic carbocycles. The fourth-order valence-corrected chi connectivity index (χ4v) is 2.17. The van der Waals surface area contributed by atoms with E-state index in [0.29, 0.717) is 5.89 Å². The highest BCUT2D eigenvalue weighted by Crippen LogP contribution is 2.25. The molecule has 0 fully saturated rings. The van der Waals surface area contributed by atoms with Crippen LogP contribution in [0.15, 0.2) is 46.9 Å². The van der Waals surface area contributed by atoms with Gasteiger partial charge in [-0.1, -0.05) is 30.7 Å². The number of nitrogens with one attached hydrogen (secondary N) is 1. The van der Waals surface area contributed by atoms with Crippen molar-refractivity contribution in [1.82, 2.24) is 10.3 Å². The van der Waals surface area contributed by atoms with Gasteiger partial charge in [0.2, 0.25) is 5.89 Å². The maximum absolute atomic E-state index is 5.88. The van der Waals surface area contributed by atoms with Crippen LogP contribution in [0.3, 0.4) is 0 Å².